The number of aryl methyl sites for hydroxylation is 1. The van der Waals surface area contributed by atoms with Crippen molar-refractivity contribution in [2.24, 2.45) is 0 Å². The van der Waals surface area contributed by atoms with Gasteiger partial charge in [-0.2, -0.15) is 9.99 Å². The highest BCUT2D eigenvalue weighted by molar-refractivity contribution is 6.11. The summed E-state index contributed by atoms with van der Waals surface area (Å²) >= 11 is 0. The molecule has 0 spiro atoms. The zero-order valence-corrected chi connectivity index (χ0v) is 30.6. The van der Waals surface area contributed by atoms with Crippen molar-refractivity contribution in [2.45, 2.75) is 45.1 Å². The fourth-order valence-corrected chi connectivity index (χ4v) is 7.91. The first-order valence-electron chi connectivity index (χ1n) is 19.0. The van der Waals surface area contributed by atoms with E-state index >= 15 is 0 Å². The zero-order chi connectivity index (χ0) is 37.0. The standard InChI is InChI=1S/C46H46N8/c47-33-17-21-37-39-23-19-35(49)29-43(39)53(45(41(37)27-33)31-13-7-5-8-14-31)26-12-4-2-1-3-11-25-51-52-54-44-30-36(50)20-24-40(44)38-22-18-34(48)28-42(38)46(54)32-15-9-6-10-16-32/h5-10,13-24,27-30,49-52H,1-4,11-12,25-26,47-48H2/p+2. The largest absolute Gasteiger partial charge is 0.399 e. The summed E-state index contributed by atoms with van der Waals surface area (Å²) in [7, 11) is 0. The van der Waals surface area contributed by atoms with Gasteiger partial charge >= 0.3 is 0 Å². The molecular weight excluding hydrogens is 665 g/mol. The maximum Gasteiger partial charge on any atom is 0.252 e. The summed E-state index contributed by atoms with van der Waals surface area (Å²) in [5, 5.41) is 6.86. The number of benzene rings is 6. The van der Waals surface area contributed by atoms with Gasteiger partial charge in [-0.3, -0.25) is 0 Å². The number of nitrogens with two attached hydrogens (primary N) is 4. The van der Waals surface area contributed by atoms with Crippen molar-refractivity contribution in [1.29, 1.82) is 0 Å². The van der Waals surface area contributed by atoms with Crippen molar-refractivity contribution in [1.82, 2.24) is 5.43 Å². The van der Waals surface area contributed by atoms with Crippen LogP contribution in [0.4, 0.5) is 22.7 Å². The fourth-order valence-electron chi connectivity index (χ4n) is 7.91. The average molecular weight is 713 g/mol. The molecule has 8 heteroatoms. The topological polar surface area (TPSA) is 136 Å². The lowest BCUT2D eigenvalue weighted by Gasteiger charge is -2.14. The van der Waals surface area contributed by atoms with Crippen LogP contribution in [0.15, 0.2) is 133 Å². The van der Waals surface area contributed by atoms with Crippen molar-refractivity contribution < 1.29 is 9.24 Å². The van der Waals surface area contributed by atoms with E-state index in [-0.39, 0.29) is 0 Å². The van der Waals surface area contributed by atoms with Crippen LogP contribution in [0, 0.1) is 0 Å². The molecule has 0 saturated heterocycles. The van der Waals surface area contributed by atoms with E-state index in [1.54, 1.807) is 0 Å². The molecule has 10 N–H and O–H groups in total. The van der Waals surface area contributed by atoms with Crippen LogP contribution in [0.25, 0.3) is 65.9 Å². The summed E-state index contributed by atoms with van der Waals surface area (Å²) < 4.78 is 4.57. The van der Waals surface area contributed by atoms with E-state index in [1.807, 2.05) is 36.4 Å². The van der Waals surface area contributed by atoms with Gasteiger partial charge in [0, 0.05) is 69.7 Å². The first-order valence-corrected chi connectivity index (χ1v) is 19.0. The predicted molar refractivity (Wildman–Crippen MR) is 227 cm³/mol. The minimum Gasteiger partial charge on any atom is -0.399 e. The molecule has 0 aliphatic rings. The van der Waals surface area contributed by atoms with Gasteiger partial charge in [0.2, 0.25) is 16.7 Å². The van der Waals surface area contributed by atoms with Gasteiger partial charge in [-0.1, -0.05) is 72.5 Å². The second-order valence-corrected chi connectivity index (χ2v) is 14.2. The Balaban J connectivity index is 0.930. The number of fused-ring (bicyclic) bond motifs is 6. The van der Waals surface area contributed by atoms with Gasteiger partial charge in [0.15, 0.2) is 0 Å². The van der Waals surface area contributed by atoms with E-state index < -0.39 is 0 Å². The van der Waals surface area contributed by atoms with Crippen molar-refractivity contribution >= 4 is 66.1 Å². The van der Waals surface area contributed by atoms with E-state index in [0.29, 0.717) is 5.69 Å². The summed E-state index contributed by atoms with van der Waals surface area (Å²) in [6, 6.07) is 45.7. The van der Waals surface area contributed by atoms with Crippen molar-refractivity contribution in [3.63, 3.8) is 0 Å². The Morgan fingerprint density at radius 1 is 0.407 bits per heavy atom. The number of hydrogen-bond acceptors (Lipinski definition) is 6. The maximum atomic E-state index is 6.37. The van der Waals surface area contributed by atoms with Gasteiger partial charge in [-0.05, 0) is 85.6 Å². The Bertz CT molecular complexity index is 2420. The number of nitrogens with one attached hydrogen (secondary N) is 2. The first kappa shape index (κ1) is 34.7. The number of pyridine rings is 2. The minimum atomic E-state index is 0.712. The average Bonchev–Trinajstić information content (AvgIpc) is 3.18. The molecule has 0 amide bonds. The van der Waals surface area contributed by atoms with Gasteiger partial charge in [0.25, 0.3) is 5.69 Å². The molecule has 8 nitrogen and oxygen atoms in total. The smallest absolute Gasteiger partial charge is 0.252 e. The fraction of sp³-hybridized carbons (Fsp3) is 0.174. The van der Waals surface area contributed by atoms with Crippen molar-refractivity contribution in [2.75, 3.05) is 35.0 Å². The molecule has 6 aromatic carbocycles. The van der Waals surface area contributed by atoms with Crippen LogP contribution < -0.4 is 43.1 Å². The third-order valence-corrected chi connectivity index (χ3v) is 10.5. The second-order valence-electron chi connectivity index (χ2n) is 14.2. The van der Waals surface area contributed by atoms with Crippen LogP contribution in [0.3, 0.4) is 0 Å². The number of hydrogen-bond donors (Lipinski definition) is 6. The minimum absolute atomic E-state index is 0.712. The highest BCUT2D eigenvalue weighted by atomic mass is 15.6. The van der Waals surface area contributed by atoms with Crippen LogP contribution in [0.5, 0.6) is 0 Å². The third kappa shape index (κ3) is 6.91. The van der Waals surface area contributed by atoms with Crippen LogP contribution in [0.2, 0.25) is 0 Å². The molecule has 2 aromatic heterocycles. The van der Waals surface area contributed by atoms with Gasteiger partial charge in [0.1, 0.15) is 6.54 Å². The lowest BCUT2D eigenvalue weighted by molar-refractivity contribution is -0.659. The Labute approximate surface area is 316 Å². The molecule has 0 aliphatic heterocycles. The Kier molecular flexibility index (Phi) is 9.83. The quantitative estimate of drug-likeness (QED) is 0.0233. The maximum absolute atomic E-state index is 6.37. The summed E-state index contributed by atoms with van der Waals surface area (Å²) in [6.07, 6.45) is 6.77. The Hall–Kier alpha value is -6.38. The molecule has 54 heavy (non-hydrogen) atoms. The molecule has 0 unspecified atom stereocenters. The molecule has 2 heterocycles. The van der Waals surface area contributed by atoms with Gasteiger partial charge in [-0.15, -0.1) is 5.53 Å². The van der Waals surface area contributed by atoms with Crippen LogP contribution in [0.1, 0.15) is 38.5 Å². The van der Waals surface area contributed by atoms with Crippen LogP contribution in [-0.4, -0.2) is 6.54 Å². The number of hydrazine groups is 1. The number of aromatic nitrogens is 2. The summed E-state index contributed by atoms with van der Waals surface area (Å²) in [4.78, 5) is 0. The monoisotopic (exact) mass is 712 g/mol. The number of anilines is 4. The summed E-state index contributed by atoms with van der Waals surface area (Å²) in [6.45, 7) is 1.72. The van der Waals surface area contributed by atoms with Gasteiger partial charge in [-0.25, -0.2) is 0 Å². The summed E-state index contributed by atoms with van der Waals surface area (Å²) in [5.74, 6) is 0. The number of unbranched alkanes of at least 4 members (excludes halogenated alkanes) is 5. The normalized spacial score (nSPS) is 11.6. The third-order valence-electron chi connectivity index (χ3n) is 10.5. The van der Waals surface area contributed by atoms with Crippen LogP contribution >= 0.6 is 0 Å². The second kappa shape index (κ2) is 15.3. The molecule has 8 rings (SSSR count). The van der Waals surface area contributed by atoms with Crippen molar-refractivity contribution in [3.8, 4) is 22.5 Å². The van der Waals surface area contributed by atoms with E-state index in [9.17, 15) is 0 Å². The lowest BCUT2D eigenvalue weighted by atomic mass is 9.98. The number of rotatable bonds is 13. The molecule has 0 fully saturated rings. The molecule has 270 valence electrons. The molecular formula is C46H48N8+2. The molecule has 0 saturated carbocycles. The Morgan fingerprint density at radius 3 is 1.48 bits per heavy atom. The zero-order valence-electron chi connectivity index (χ0n) is 30.6. The summed E-state index contributed by atoms with van der Waals surface area (Å²) in [5.41, 5.74) is 42.0. The van der Waals surface area contributed by atoms with E-state index in [0.717, 1.165) is 99.7 Å². The molecule has 0 atom stereocenters. The molecule has 0 aliphatic carbocycles. The van der Waals surface area contributed by atoms with E-state index in [4.69, 9.17) is 22.9 Å². The molecule has 0 bridgehead atoms. The first-order chi connectivity index (χ1) is 26.5. The van der Waals surface area contributed by atoms with Crippen molar-refractivity contribution in [3.05, 3.63) is 133 Å². The van der Waals surface area contributed by atoms with Crippen LogP contribution in [-0.2, 0) is 6.54 Å². The molecule has 8 aromatic rings. The van der Waals surface area contributed by atoms with Gasteiger partial charge < -0.3 is 22.9 Å². The SMILES string of the molecule is Nc1ccc2c(c1)c(-c1ccccc1)[n+](CCCCCCCCNN[n+]1c(-c3ccccc3)c3cc(N)ccc3c3ccc(N)cc31)c1cc(N)ccc21. The Morgan fingerprint density at radius 2 is 0.870 bits per heavy atom. The molecule has 0 radical (unpaired) electrons. The number of nitrogen functional groups attached to an aromatic ring is 4. The number of nitrogens with zero attached hydrogens (tertiary/aromatic N) is 2. The highest BCUT2D eigenvalue weighted by Gasteiger charge is 2.25. The van der Waals surface area contributed by atoms with E-state index in [2.05, 4.69) is 117 Å². The predicted octanol–water partition coefficient (Wildman–Crippen LogP) is 8.63. The van der Waals surface area contributed by atoms with Gasteiger partial charge in [0.05, 0.1) is 21.5 Å². The van der Waals surface area contributed by atoms with E-state index in [1.165, 1.54) is 34.9 Å². The highest BCUT2D eigenvalue weighted by Crippen LogP contribution is 2.35. The lowest BCUT2D eigenvalue weighted by Crippen LogP contribution is -2.54.